The van der Waals surface area contributed by atoms with E-state index in [2.05, 4.69) is 15.2 Å². The molecular formula is C23H27ClN4O3. The average Bonchev–Trinajstić information content (AvgIpc) is 3.08. The Morgan fingerprint density at radius 3 is 2.81 bits per heavy atom. The highest BCUT2D eigenvalue weighted by Gasteiger charge is 2.49. The monoisotopic (exact) mass is 442 g/mol. The molecule has 2 fully saturated rings. The van der Waals surface area contributed by atoms with Crippen molar-refractivity contribution in [2.75, 3.05) is 36.0 Å². The Bertz CT molecular complexity index is 952. The van der Waals surface area contributed by atoms with Crippen molar-refractivity contribution in [3.8, 4) is 5.75 Å². The van der Waals surface area contributed by atoms with Crippen LogP contribution in [0.2, 0.25) is 5.02 Å². The first-order valence-electron chi connectivity index (χ1n) is 10.8. The Labute approximate surface area is 187 Å². The molecule has 164 valence electrons. The number of hydrogen-bond acceptors (Lipinski definition) is 5. The zero-order chi connectivity index (χ0) is 21.8. The van der Waals surface area contributed by atoms with Gasteiger partial charge in [0.15, 0.2) is 5.75 Å². The van der Waals surface area contributed by atoms with Crippen molar-refractivity contribution in [3.05, 3.63) is 47.6 Å². The van der Waals surface area contributed by atoms with Crippen molar-refractivity contribution in [1.29, 1.82) is 0 Å². The summed E-state index contributed by atoms with van der Waals surface area (Å²) < 4.78 is 5.24. The molecule has 2 aliphatic rings. The van der Waals surface area contributed by atoms with Gasteiger partial charge in [-0.1, -0.05) is 30.7 Å². The van der Waals surface area contributed by atoms with Crippen molar-refractivity contribution in [2.45, 2.75) is 32.6 Å². The number of piperidine rings is 1. The van der Waals surface area contributed by atoms with E-state index in [9.17, 15) is 9.59 Å². The number of carbonyl (C=O) groups is 2. The van der Waals surface area contributed by atoms with Gasteiger partial charge < -0.3 is 19.9 Å². The molecule has 2 aromatic rings. The molecule has 2 saturated heterocycles. The van der Waals surface area contributed by atoms with Gasteiger partial charge >= 0.3 is 6.09 Å². The second-order valence-corrected chi connectivity index (χ2v) is 8.54. The van der Waals surface area contributed by atoms with E-state index in [1.165, 1.54) is 0 Å². The molecule has 0 bridgehead atoms. The number of amides is 2. The number of anilines is 2. The molecule has 1 N–H and O–H groups in total. The summed E-state index contributed by atoms with van der Waals surface area (Å²) in [5.74, 6) is 1.31. The third-order valence-corrected chi connectivity index (χ3v) is 6.33. The van der Waals surface area contributed by atoms with Crippen LogP contribution in [0.1, 0.15) is 32.6 Å². The molecule has 1 aromatic carbocycles. The first kappa shape index (κ1) is 21.4. The van der Waals surface area contributed by atoms with Crippen molar-refractivity contribution in [3.63, 3.8) is 0 Å². The molecule has 2 amide bonds. The lowest BCUT2D eigenvalue weighted by Crippen LogP contribution is -2.48. The van der Waals surface area contributed by atoms with Gasteiger partial charge in [0.1, 0.15) is 5.82 Å². The van der Waals surface area contributed by atoms with Crippen molar-refractivity contribution < 1.29 is 14.3 Å². The van der Waals surface area contributed by atoms with Crippen LogP contribution in [0.4, 0.5) is 16.3 Å². The second kappa shape index (κ2) is 9.14. The van der Waals surface area contributed by atoms with Crippen molar-refractivity contribution in [1.82, 2.24) is 10.3 Å². The van der Waals surface area contributed by atoms with E-state index in [4.69, 9.17) is 16.3 Å². The zero-order valence-electron chi connectivity index (χ0n) is 17.6. The van der Waals surface area contributed by atoms with Gasteiger partial charge in [-0.25, -0.2) is 9.78 Å². The van der Waals surface area contributed by atoms with Gasteiger partial charge in [-0.2, -0.15) is 0 Å². The van der Waals surface area contributed by atoms with Gasteiger partial charge in [0.25, 0.3) is 0 Å². The quantitative estimate of drug-likeness (QED) is 0.748. The zero-order valence-corrected chi connectivity index (χ0v) is 18.4. The molecule has 0 aliphatic carbocycles. The number of para-hydroxylation sites is 1. The molecular weight excluding hydrogens is 416 g/mol. The lowest BCUT2D eigenvalue weighted by molar-refractivity contribution is -0.126. The molecule has 2 aliphatic heterocycles. The Hall–Kier alpha value is -2.80. The standard InChI is InChI=1S/C23H27ClN4O3/c1-2-12-25-22(30)31-17-8-9-20(26-15-17)27-13-5-10-23(16-27)11-14-28(21(23)29)19-7-4-3-6-18(19)24/h3-4,6-9,15H,2,5,10-14,16H2,1H3,(H,25,30). The molecule has 7 nitrogen and oxygen atoms in total. The number of nitrogens with one attached hydrogen (secondary N) is 1. The molecule has 4 rings (SSSR count). The molecule has 0 saturated carbocycles. The summed E-state index contributed by atoms with van der Waals surface area (Å²) in [5.41, 5.74) is 0.359. The SMILES string of the molecule is CCCNC(=O)Oc1ccc(N2CCCC3(CCN(c4ccccc4Cl)C3=O)C2)nc1. The maximum absolute atomic E-state index is 13.4. The summed E-state index contributed by atoms with van der Waals surface area (Å²) in [6.07, 6.45) is 4.49. The van der Waals surface area contributed by atoms with Gasteiger partial charge in [-0.15, -0.1) is 0 Å². The van der Waals surface area contributed by atoms with E-state index in [1.807, 2.05) is 42.2 Å². The van der Waals surface area contributed by atoms with E-state index in [-0.39, 0.29) is 5.91 Å². The van der Waals surface area contributed by atoms with E-state index in [1.54, 1.807) is 12.3 Å². The molecule has 1 unspecified atom stereocenters. The number of halogens is 1. The van der Waals surface area contributed by atoms with E-state index < -0.39 is 11.5 Å². The minimum absolute atomic E-state index is 0.137. The lowest BCUT2D eigenvalue weighted by Gasteiger charge is -2.39. The van der Waals surface area contributed by atoms with Gasteiger partial charge in [0, 0.05) is 26.2 Å². The Kier molecular flexibility index (Phi) is 6.32. The fourth-order valence-electron chi connectivity index (χ4n) is 4.42. The van der Waals surface area contributed by atoms with Crippen molar-refractivity contribution in [2.24, 2.45) is 5.41 Å². The number of pyridine rings is 1. The number of aromatic nitrogens is 1. The van der Waals surface area contributed by atoms with Gasteiger partial charge in [0.05, 0.1) is 22.3 Å². The molecule has 3 heterocycles. The van der Waals surface area contributed by atoms with E-state index >= 15 is 0 Å². The third kappa shape index (κ3) is 4.46. The second-order valence-electron chi connectivity index (χ2n) is 8.13. The van der Waals surface area contributed by atoms with Crippen LogP contribution in [0.25, 0.3) is 0 Å². The maximum atomic E-state index is 13.4. The number of ether oxygens (including phenoxy) is 1. The average molecular weight is 443 g/mol. The highest BCUT2D eigenvalue weighted by Crippen LogP contribution is 2.43. The summed E-state index contributed by atoms with van der Waals surface area (Å²) in [4.78, 5) is 33.6. The summed E-state index contributed by atoms with van der Waals surface area (Å²) in [6, 6.07) is 11.1. The van der Waals surface area contributed by atoms with Crippen LogP contribution in [0.5, 0.6) is 5.75 Å². The topological polar surface area (TPSA) is 74.8 Å². The number of hydrogen-bond donors (Lipinski definition) is 1. The molecule has 1 atom stereocenters. The Balaban J connectivity index is 1.44. The highest BCUT2D eigenvalue weighted by molar-refractivity contribution is 6.34. The van der Waals surface area contributed by atoms with E-state index in [0.717, 1.165) is 43.7 Å². The number of nitrogens with zero attached hydrogens (tertiary/aromatic N) is 3. The summed E-state index contributed by atoms with van der Waals surface area (Å²) >= 11 is 6.35. The predicted octanol–water partition coefficient (Wildman–Crippen LogP) is 4.26. The van der Waals surface area contributed by atoms with Gasteiger partial charge in [-0.3, -0.25) is 4.79 Å². The minimum atomic E-state index is -0.482. The third-order valence-electron chi connectivity index (χ3n) is 6.01. The summed E-state index contributed by atoms with van der Waals surface area (Å²) in [6.45, 7) is 4.68. The summed E-state index contributed by atoms with van der Waals surface area (Å²) in [7, 11) is 0. The van der Waals surface area contributed by atoms with Gasteiger partial charge in [-0.05, 0) is 49.9 Å². The van der Waals surface area contributed by atoms with Crippen molar-refractivity contribution >= 4 is 35.1 Å². The van der Waals surface area contributed by atoms with Crippen LogP contribution in [-0.2, 0) is 4.79 Å². The normalized spacial score (nSPS) is 20.9. The fourth-order valence-corrected chi connectivity index (χ4v) is 4.65. The Morgan fingerprint density at radius 1 is 1.23 bits per heavy atom. The first-order chi connectivity index (χ1) is 15.0. The predicted molar refractivity (Wildman–Crippen MR) is 121 cm³/mol. The Morgan fingerprint density at radius 2 is 2.06 bits per heavy atom. The van der Waals surface area contributed by atoms with Crippen LogP contribution in [-0.4, -0.2) is 43.2 Å². The van der Waals surface area contributed by atoms with Crippen LogP contribution < -0.4 is 19.9 Å². The molecule has 1 spiro atoms. The van der Waals surface area contributed by atoms with Crippen LogP contribution in [0.15, 0.2) is 42.6 Å². The maximum Gasteiger partial charge on any atom is 0.412 e. The van der Waals surface area contributed by atoms with Gasteiger partial charge in [0.2, 0.25) is 5.91 Å². The molecule has 31 heavy (non-hydrogen) atoms. The number of benzene rings is 1. The van der Waals surface area contributed by atoms with E-state index in [0.29, 0.717) is 30.4 Å². The first-order valence-corrected chi connectivity index (χ1v) is 11.1. The largest absolute Gasteiger partial charge is 0.412 e. The fraction of sp³-hybridized carbons (Fsp3) is 0.435. The number of carbonyl (C=O) groups excluding carboxylic acids is 2. The molecule has 0 radical (unpaired) electrons. The summed E-state index contributed by atoms with van der Waals surface area (Å²) in [5, 5.41) is 3.27. The smallest absolute Gasteiger partial charge is 0.409 e. The van der Waals surface area contributed by atoms with Crippen LogP contribution >= 0.6 is 11.6 Å². The van der Waals surface area contributed by atoms with Crippen LogP contribution in [0, 0.1) is 5.41 Å². The molecule has 1 aromatic heterocycles. The highest BCUT2D eigenvalue weighted by atomic mass is 35.5. The van der Waals surface area contributed by atoms with Crippen LogP contribution in [0.3, 0.4) is 0 Å². The number of rotatable bonds is 5. The minimum Gasteiger partial charge on any atom is -0.409 e. The molecule has 8 heteroatoms. The lowest BCUT2D eigenvalue weighted by atomic mass is 9.78.